The number of fused-ring (bicyclic) bond motifs is 4. The predicted octanol–water partition coefficient (Wildman–Crippen LogP) is 6.54. The molecule has 4 rings (SSSR count). The number of esters is 2. The molecule has 216 valence electrons. The van der Waals surface area contributed by atoms with Crippen molar-refractivity contribution in [1.82, 2.24) is 4.90 Å². The number of unbranched alkanes of at least 4 members (excludes halogenated alkanes) is 3. The zero-order valence-corrected chi connectivity index (χ0v) is 24.2. The Morgan fingerprint density at radius 2 is 1.49 bits per heavy atom. The minimum Gasteiger partial charge on any atom is -0.460 e. The molecule has 0 unspecified atom stereocenters. The molecule has 2 bridgehead atoms. The van der Waals surface area contributed by atoms with Crippen LogP contribution in [-0.4, -0.2) is 42.3 Å². The van der Waals surface area contributed by atoms with Gasteiger partial charge in [0.15, 0.2) is 17.3 Å². The molecule has 1 aliphatic rings. The molecule has 2 aromatic carbocycles. The number of aryl methyl sites for hydroxylation is 2. The first-order valence-electron chi connectivity index (χ1n) is 14.7. The predicted molar refractivity (Wildman–Crippen MR) is 155 cm³/mol. The third-order valence-corrected chi connectivity index (χ3v) is 7.44. The summed E-state index contributed by atoms with van der Waals surface area (Å²) in [5.74, 6) is -2.66. The molecule has 0 fully saturated rings. The van der Waals surface area contributed by atoms with Crippen molar-refractivity contribution in [3.05, 3.63) is 58.3 Å². The topological polar surface area (TPSA) is 110 Å². The molecule has 0 spiro atoms. The van der Waals surface area contributed by atoms with Gasteiger partial charge in [-0.2, -0.15) is 5.26 Å². The fraction of sp³-hybridized carbons (Fsp3) is 0.455. The quantitative estimate of drug-likeness (QED) is 0.0895. The van der Waals surface area contributed by atoms with Gasteiger partial charge in [-0.3, -0.25) is 4.79 Å². The smallest absolute Gasteiger partial charge is 0.423 e. The number of ketones is 1. The van der Waals surface area contributed by atoms with E-state index in [-0.39, 0.29) is 39.4 Å². The molecule has 0 atom stereocenters. The number of hydrogen-bond donors (Lipinski definition) is 0. The van der Waals surface area contributed by atoms with Crippen LogP contribution in [0.2, 0.25) is 0 Å². The lowest BCUT2D eigenvalue weighted by Gasteiger charge is -2.21. The van der Waals surface area contributed by atoms with Crippen LogP contribution in [-0.2, 0) is 22.4 Å². The first-order valence-corrected chi connectivity index (χ1v) is 14.7. The zero-order chi connectivity index (χ0) is 29.4. The first-order chi connectivity index (χ1) is 19.9. The van der Waals surface area contributed by atoms with Gasteiger partial charge >= 0.3 is 11.9 Å². The summed E-state index contributed by atoms with van der Waals surface area (Å²) < 4.78 is 16.4. The van der Waals surface area contributed by atoms with Crippen LogP contribution in [0, 0.1) is 11.3 Å². The molecule has 41 heavy (non-hydrogen) atoms. The maximum absolute atomic E-state index is 13.9. The van der Waals surface area contributed by atoms with E-state index >= 15 is 0 Å². The number of hydrogen-bond acceptors (Lipinski definition) is 8. The van der Waals surface area contributed by atoms with E-state index in [1.165, 1.54) is 31.7 Å². The van der Waals surface area contributed by atoms with Gasteiger partial charge < -0.3 is 18.8 Å². The summed E-state index contributed by atoms with van der Waals surface area (Å²) in [6.45, 7) is 9.80. The van der Waals surface area contributed by atoms with Crippen LogP contribution in [0.3, 0.4) is 0 Å². The fourth-order valence-corrected chi connectivity index (χ4v) is 5.14. The van der Waals surface area contributed by atoms with Gasteiger partial charge in [-0.1, -0.05) is 64.3 Å². The fourth-order valence-electron chi connectivity index (χ4n) is 5.14. The van der Waals surface area contributed by atoms with E-state index in [1.54, 1.807) is 0 Å². The van der Waals surface area contributed by atoms with Crippen molar-refractivity contribution in [3.63, 3.8) is 0 Å². The number of nitrogens with zero attached hydrogens (tertiary/aromatic N) is 2. The van der Waals surface area contributed by atoms with E-state index in [1.807, 2.05) is 37.3 Å². The van der Waals surface area contributed by atoms with Gasteiger partial charge in [0.05, 0.1) is 10.9 Å². The number of benzene rings is 2. The van der Waals surface area contributed by atoms with Crippen LogP contribution in [0.4, 0.5) is 0 Å². The molecule has 0 saturated carbocycles. The van der Waals surface area contributed by atoms with Crippen molar-refractivity contribution >= 4 is 28.7 Å². The average molecular weight is 559 g/mol. The molecule has 2 heterocycles. The standard InChI is InChI=1S/C33H38N2O6/c1-4-7-12-25-28(29-27(39-25)20-26-24(21-34)31(29)41-33(38)32(37)40-26)30(36)23-15-13-22(14-16-23)11-10-19-35(17-8-5-2)18-9-6-3/h13-16,20H,4-12,17-19H2,1-3H3. The third kappa shape index (κ3) is 6.86. The van der Waals surface area contributed by atoms with E-state index in [4.69, 9.17) is 13.9 Å². The molecule has 3 aromatic rings. The summed E-state index contributed by atoms with van der Waals surface area (Å²) in [6.07, 6.45) is 8.91. The Hall–Kier alpha value is -3.96. The number of furan rings is 1. The van der Waals surface area contributed by atoms with Crippen LogP contribution in [0.25, 0.3) is 11.0 Å². The molecule has 0 radical (unpaired) electrons. The molecule has 1 aromatic heterocycles. The van der Waals surface area contributed by atoms with E-state index in [2.05, 4.69) is 18.7 Å². The van der Waals surface area contributed by atoms with E-state index in [9.17, 15) is 19.6 Å². The zero-order valence-electron chi connectivity index (χ0n) is 24.2. The highest BCUT2D eigenvalue weighted by Gasteiger charge is 2.34. The van der Waals surface area contributed by atoms with Crippen LogP contribution in [0.1, 0.15) is 98.5 Å². The van der Waals surface area contributed by atoms with Crippen molar-refractivity contribution < 1.29 is 28.3 Å². The van der Waals surface area contributed by atoms with Gasteiger partial charge in [-0.25, -0.2) is 9.59 Å². The Morgan fingerprint density at radius 1 is 0.854 bits per heavy atom. The molecule has 0 N–H and O–H groups in total. The SMILES string of the molecule is CCCCc1oc2cc3c(C#N)c(c2c1C(=O)c1ccc(CCCN(CCCC)CCCC)cc1)OC(=O)C(=O)O3. The lowest BCUT2D eigenvalue weighted by Crippen LogP contribution is -2.27. The Bertz CT molecular complexity index is 1440. The number of carbonyl (C=O) groups is 3. The van der Waals surface area contributed by atoms with Gasteiger partial charge in [-0.15, -0.1) is 0 Å². The van der Waals surface area contributed by atoms with E-state index < -0.39 is 11.9 Å². The molecule has 0 amide bonds. The maximum Gasteiger partial charge on any atom is 0.423 e. The Morgan fingerprint density at radius 3 is 2.12 bits per heavy atom. The molecule has 1 aliphatic heterocycles. The minimum absolute atomic E-state index is 0.129. The molecular formula is C33H38N2O6. The summed E-state index contributed by atoms with van der Waals surface area (Å²) in [5.41, 5.74) is 1.95. The lowest BCUT2D eigenvalue weighted by molar-refractivity contribution is -0.155. The van der Waals surface area contributed by atoms with Crippen LogP contribution < -0.4 is 9.47 Å². The van der Waals surface area contributed by atoms with Gasteiger partial charge in [-0.05, 0) is 57.3 Å². The van der Waals surface area contributed by atoms with Crippen molar-refractivity contribution in [2.75, 3.05) is 19.6 Å². The Balaban J connectivity index is 1.61. The van der Waals surface area contributed by atoms with Crippen LogP contribution >= 0.6 is 0 Å². The van der Waals surface area contributed by atoms with E-state index in [0.717, 1.165) is 50.9 Å². The van der Waals surface area contributed by atoms with Crippen LogP contribution in [0.15, 0.2) is 34.7 Å². The van der Waals surface area contributed by atoms with Gasteiger partial charge in [0.25, 0.3) is 0 Å². The molecule has 0 saturated heterocycles. The normalized spacial score (nSPS) is 12.8. The summed E-state index contributed by atoms with van der Waals surface area (Å²) in [5, 5.41) is 9.99. The lowest BCUT2D eigenvalue weighted by atomic mass is 9.95. The Kier molecular flexibility index (Phi) is 10.3. The maximum atomic E-state index is 13.9. The van der Waals surface area contributed by atoms with Crippen molar-refractivity contribution in [1.29, 1.82) is 5.26 Å². The number of rotatable bonds is 15. The highest BCUT2D eigenvalue weighted by atomic mass is 16.6. The highest BCUT2D eigenvalue weighted by molar-refractivity contribution is 6.32. The first kappa shape index (κ1) is 30.0. The Labute approximate surface area is 241 Å². The molecular weight excluding hydrogens is 520 g/mol. The highest BCUT2D eigenvalue weighted by Crippen LogP contribution is 2.43. The van der Waals surface area contributed by atoms with Gasteiger partial charge in [0.2, 0.25) is 0 Å². The second-order valence-corrected chi connectivity index (χ2v) is 10.5. The molecule has 0 aliphatic carbocycles. The number of nitriles is 1. The van der Waals surface area contributed by atoms with Gasteiger partial charge in [0, 0.05) is 18.1 Å². The number of carbonyl (C=O) groups excluding carboxylic acids is 3. The van der Waals surface area contributed by atoms with Crippen molar-refractivity contribution in [3.8, 4) is 17.6 Å². The van der Waals surface area contributed by atoms with Crippen molar-refractivity contribution in [2.45, 2.75) is 78.6 Å². The summed E-state index contributed by atoms with van der Waals surface area (Å²) in [6, 6.07) is 10.9. The summed E-state index contributed by atoms with van der Waals surface area (Å²) in [4.78, 5) is 40.7. The monoisotopic (exact) mass is 558 g/mol. The largest absolute Gasteiger partial charge is 0.460 e. The average Bonchev–Trinajstić information content (AvgIpc) is 3.31. The van der Waals surface area contributed by atoms with Crippen molar-refractivity contribution in [2.24, 2.45) is 0 Å². The van der Waals surface area contributed by atoms with Gasteiger partial charge in [0.1, 0.15) is 23.0 Å². The minimum atomic E-state index is -1.26. The molecule has 8 nitrogen and oxygen atoms in total. The molecule has 8 heteroatoms. The second kappa shape index (κ2) is 14.1. The number of ether oxygens (including phenoxy) is 2. The van der Waals surface area contributed by atoms with Crippen LogP contribution in [0.5, 0.6) is 11.5 Å². The summed E-state index contributed by atoms with van der Waals surface area (Å²) in [7, 11) is 0. The van der Waals surface area contributed by atoms with E-state index in [0.29, 0.717) is 17.7 Å². The second-order valence-electron chi connectivity index (χ2n) is 10.5. The third-order valence-electron chi connectivity index (χ3n) is 7.44. The summed E-state index contributed by atoms with van der Waals surface area (Å²) >= 11 is 0.